The summed E-state index contributed by atoms with van der Waals surface area (Å²) < 4.78 is 1.47. The number of nitrogens with zero attached hydrogens (tertiary/aromatic N) is 3. The molecule has 3 aromatic rings. The number of H-pyrrole nitrogens is 1. The van der Waals surface area contributed by atoms with Gasteiger partial charge in [-0.2, -0.15) is 0 Å². The SMILES string of the molecule is Cc1ccc(C(=O)N2CCCC[C@H]2c2cc(=O)n3ccnc3[nH]2)s1. The fraction of sp³-hybridized carbons (Fsp3) is 0.353. The quantitative estimate of drug-likeness (QED) is 0.778. The summed E-state index contributed by atoms with van der Waals surface area (Å²) in [4.78, 5) is 36.3. The minimum Gasteiger partial charge on any atom is -0.329 e. The monoisotopic (exact) mass is 342 g/mol. The maximum atomic E-state index is 12.9. The highest BCUT2D eigenvalue weighted by molar-refractivity contribution is 7.13. The molecule has 0 unspecified atom stereocenters. The Balaban J connectivity index is 1.73. The van der Waals surface area contributed by atoms with E-state index < -0.39 is 0 Å². The molecule has 1 aliphatic rings. The van der Waals surface area contributed by atoms with Crippen LogP contribution in [0.25, 0.3) is 5.78 Å². The van der Waals surface area contributed by atoms with Gasteiger partial charge < -0.3 is 9.88 Å². The molecule has 1 atom stereocenters. The van der Waals surface area contributed by atoms with E-state index in [-0.39, 0.29) is 17.5 Å². The number of likely N-dealkylation sites (tertiary alicyclic amines) is 1. The molecule has 7 heteroatoms. The average molecular weight is 342 g/mol. The normalized spacial score (nSPS) is 18.2. The van der Waals surface area contributed by atoms with Gasteiger partial charge in [-0.1, -0.05) is 0 Å². The lowest BCUT2D eigenvalue weighted by Gasteiger charge is -2.35. The smallest absolute Gasteiger partial charge is 0.264 e. The second-order valence-electron chi connectivity index (χ2n) is 6.10. The lowest BCUT2D eigenvalue weighted by Crippen LogP contribution is -2.39. The summed E-state index contributed by atoms with van der Waals surface area (Å²) in [6.07, 6.45) is 6.11. The first kappa shape index (κ1) is 15.1. The van der Waals surface area contributed by atoms with Gasteiger partial charge in [-0.25, -0.2) is 4.98 Å². The number of nitrogens with one attached hydrogen (secondary N) is 1. The van der Waals surface area contributed by atoms with E-state index >= 15 is 0 Å². The highest BCUT2D eigenvalue weighted by atomic mass is 32.1. The molecule has 0 aromatic carbocycles. The largest absolute Gasteiger partial charge is 0.329 e. The lowest BCUT2D eigenvalue weighted by atomic mass is 9.98. The molecule has 0 aliphatic carbocycles. The van der Waals surface area contributed by atoms with Crippen LogP contribution in [0.3, 0.4) is 0 Å². The van der Waals surface area contributed by atoms with Gasteiger partial charge in [0.2, 0.25) is 5.78 Å². The van der Waals surface area contributed by atoms with Crippen molar-refractivity contribution in [1.29, 1.82) is 0 Å². The lowest BCUT2D eigenvalue weighted by molar-refractivity contribution is 0.0611. The zero-order valence-electron chi connectivity index (χ0n) is 13.4. The van der Waals surface area contributed by atoms with E-state index in [1.807, 2.05) is 24.0 Å². The Morgan fingerprint density at radius 1 is 1.38 bits per heavy atom. The van der Waals surface area contributed by atoms with E-state index in [0.717, 1.165) is 34.7 Å². The van der Waals surface area contributed by atoms with Crippen molar-refractivity contribution >= 4 is 23.0 Å². The van der Waals surface area contributed by atoms with Crippen LogP contribution in [0.1, 0.15) is 45.5 Å². The molecule has 1 saturated heterocycles. The zero-order chi connectivity index (χ0) is 16.7. The van der Waals surface area contributed by atoms with Crippen LogP contribution in [0.4, 0.5) is 0 Å². The maximum Gasteiger partial charge on any atom is 0.264 e. The van der Waals surface area contributed by atoms with E-state index in [4.69, 9.17) is 0 Å². The molecule has 4 heterocycles. The van der Waals surface area contributed by atoms with Crippen molar-refractivity contribution in [1.82, 2.24) is 19.3 Å². The maximum absolute atomic E-state index is 12.9. The number of imidazole rings is 1. The number of carbonyl (C=O) groups is 1. The van der Waals surface area contributed by atoms with E-state index in [9.17, 15) is 9.59 Å². The first-order valence-corrected chi connectivity index (χ1v) is 8.89. The number of hydrogen-bond acceptors (Lipinski definition) is 4. The molecular formula is C17H18N4O2S. The minimum absolute atomic E-state index is 0.0434. The molecule has 124 valence electrons. The fourth-order valence-corrected chi connectivity index (χ4v) is 4.13. The number of fused-ring (bicyclic) bond motifs is 1. The van der Waals surface area contributed by atoms with Crippen LogP contribution in [0.15, 0.2) is 35.4 Å². The molecule has 0 saturated carbocycles. The number of carbonyl (C=O) groups excluding carboxylic acids is 1. The molecule has 6 nitrogen and oxygen atoms in total. The third-order valence-corrected chi connectivity index (χ3v) is 5.48. The molecular weight excluding hydrogens is 324 g/mol. The molecule has 3 aromatic heterocycles. The summed E-state index contributed by atoms with van der Waals surface area (Å²) in [7, 11) is 0. The summed E-state index contributed by atoms with van der Waals surface area (Å²) in [5.41, 5.74) is 0.640. The van der Waals surface area contributed by atoms with Gasteiger partial charge in [-0.15, -0.1) is 11.3 Å². The highest BCUT2D eigenvalue weighted by Gasteiger charge is 2.30. The Kier molecular flexibility index (Phi) is 3.72. The molecule has 1 amide bonds. The van der Waals surface area contributed by atoms with Crippen molar-refractivity contribution in [3.63, 3.8) is 0 Å². The van der Waals surface area contributed by atoms with Crippen molar-refractivity contribution in [2.75, 3.05) is 6.54 Å². The van der Waals surface area contributed by atoms with Crippen LogP contribution in [0, 0.1) is 6.92 Å². The van der Waals surface area contributed by atoms with E-state index in [1.54, 1.807) is 18.5 Å². The van der Waals surface area contributed by atoms with Crippen LogP contribution >= 0.6 is 11.3 Å². The van der Waals surface area contributed by atoms with Gasteiger partial charge >= 0.3 is 0 Å². The summed E-state index contributed by atoms with van der Waals surface area (Å²) in [6.45, 7) is 2.71. The molecule has 0 radical (unpaired) electrons. The van der Waals surface area contributed by atoms with Crippen LogP contribution in [0.5, 0.6) is 0 Å². The number of aromatic nitrogens is 3. The molecule has 1 N–H and O–H groups in total. The topological polar surface area (TPSA) is 70.5 Å². The van der Waals surface area contributed by atoms with E-state index in [2.05, 4.69) is 9.97 Å². The van der Waals surface area contributed by atoms with Gasteiger partial charge in [-0.3, -0.25) is 14.0 Å². The molecule has 4 rings (SSSR count). The third-order valence-electron chi connectivity index (χ3n) is 4.49. The standard InChI is InChI=1S/C17H18N4O2S/c1-11-5-6-14(24-11)16(23)20-8-3-2-4-13(20)12-10-15(22)21-9-7-18-17(21)19-12/h5-7,9-10,13H,2-4,8H2,1H3,(H,18,19)/t13-/m0/s1. The molecule has 1 aliphatic heterocycles. The molecule has 0 bridgehead atoms. The number of thiophene rings is 1. The Hall–Kier alpha value is -2.41. The van der Waals surface area contributed by atoms with Gasteiger partial charge in [0, 0.05) is 35.6 Å². The van der Waals surface area contributed by atoms with Crippen molar-refractivity contribution in [3.05, 3.63) is 56.4 Å². The summed E-state index contributed by atoms with van der Waals surface area (Å²) in [5, 5.41) is 0. The average Bonchev–Trinajstić information content (AvgIpc) is 3.23. The summed E-state index contributed by atoms with van der Waals surface area (Å²) in [5.74, 6) is 0.560. The predicted octanol–water partition coefficient (Wildman–Crippen LogP) is 2.76. The van der Waals surface area contributed by atoms with Crippen LogP contribution in [0.2, 0.25) is 0 Å². The Morgan fingerprint density at radius 2 is 2.25 bits per heavy atom. The number of aromatic amines is 1. The van der Waals surface area contributed by atoms with Gasteiger partial charge in [-0.05, 0) is 38.3 Å². The number of aryl methyl sites for hydroxylation is 1. The van der Waals surface area contributed by atoms with Crippen LogP contribution in [-0.2, 0) is 0 Å². The minimum atomic E-state index is -0.124. The van der Waals surface area contributed by atoms with Crippen LogP contribution in [-0.4, -0.2) is 31.7 Å². The Bertz CT molecular complexity index is 955. The van der Waals surface area contributed by atoms with E-state index in [0.29, 0.717) is 12.3 Å². The number of amides is 1. The van der Waals surface area contributed by atoms with Crippen molar-refractivity contribution < 1.29 is 4.79 Å². The highest BCUT2D eigenvalue weighted by Crippen LogP contribution is 2.32. The molecule has 24 heavy (non-hydrogen) atoms. The predicted molar refractivity (Wildman–Crippen MR) is 92.5 cm³/mol. The van der Waals surface area contributed by atoms with Gasteiger partial charge in [0.25, 0.3) is 11.5 Å². The van der Waals surface area contributed by atoms with Gasteiger partial charge in [0.05, 0.1) is 10.9 Å². The van der Waals surface area contributed by atoms with Gasteiger partial charge in [0.1, 0.15) is 0 Å². The van der Waals surface area contributed by atoms with Crippen molar-refractivity contribution in [2.24, 2.45) is 0 Å². The van der Waals surface area contributed by atoms with Crippen molar-refractivity contribution in [2.45, 2.75) is 32.2 Å². The second-order valence-corrected chi connectivity index (χ2v) is 7.39. The number of rotatable bonds is 2. The third kappa shape index (κ3) is 2.54. The number of hydrogen-bond donors (Lipinski definition) is 1. The first-order chi connectivity index (χ1) is 11.6. The summed E-state index contributed by atoms with van der Waals surface area (Å²) >= 11 is 1.51. The Labute approximate surface area is 142 Å². The van der Waals surface area contributed by atoms with Crippen molar-refractivity contribution in [3.8, 4) is 0 Å². The first-order valence-electron chi connectivity index (χ1n) is 8.07. The van der Waals surface area contributed by atoms with E-state index in [1.165, 1.54) is 15.7 Å². The zero-order valence-corrected chi connectivity index (χ0v) is 14.2. The number of piperidine rings is 1. The summed E-state index contributed by atoms with van der Waals surface area (Å²) in [6, 6.07) is 5.33. The Morgan fingerprint density at radius 3 is 3.04 bits per heavy atom. The van der Waals surface area contributed by atoms with Crippen LogP contribution < -0.4 is 5.56 Å². The molecule has 0 spiro atoms. The van der Waals surface area contributed by atoms with Gasteiger partial charge in [0.15, 0.2) is 0 Å². The fourth-order valence-electron chi connectivity index (χ4n) is 3.31. The molecule has 1 fully saturated rings. The second kappa shape index (κ2) is 5.90.